The number of para-hydroxylation sites is 1. The summed E-state index contributed by atoms with van der Waals surface area (Å²) in [5.74, 6) is 2.05. The molecule has 2 saturated heterocycles. The van der Waals surface area contributed by atoms with Crippen molar-refractivity contribution in [3.63, 3.8) is 0 Å². The van der Waals surface area contributed by atoms with E-state index in [0.717, 1.165) is 67.5 Å². The Morgan fingerprint density at radius 3 is 2.43 bits per heavy atom. The number of aromatic amines is 1. The first-order chi connectivity index (χ1) is 14.8. The number of piperazine rings is 1. The van der Waals surface area contributed by atoms with Gasteiger partial charge in [0.25, 0.3) is 0 Å². The molecular formula is C22H26N6O2. The van der Waals surface area contributed by atoms with Crippen LogP contribution in [-0.4, -0.2) is 78.2 Å². The number of hydrogen-bond donors (Lipinski definition) is 1. The number of nitrogens with zero attached hydrogens (tertiary/aromatic N) is 5. The molecule has 4 heterocycles. The fourth-order valence-corrected chi connectivity index (χ4v) is 4.21. The molecule has 0 unspecified atom stereocenters. The van der Waals surface area contributed by atoms with Gasteiger partial charge < -0.3 is 24.4 Å². The van der Waals surface area contributed by atoms with Gasteiger partial charge in [-0.15, -0.1) is 0 Å². The van der Waals surface area contributed by atoms with Crippen molar-refractivity contribution in [2.75, 3.05) is 62.3 Å². The number of aromatic nitrogens is 3. The highest BCUT2D eigenvalue weighted by Gasteiger charge is 2.23. The lowest BCUT2D eigenvalue weighted by molar-refractivity contribution is -0.130. The van der Waals surface area contributed by atoms with Crippen LogP contribution in [0.25, 0.3) is 10.9 Å². The summed E-state index contributed by atoms with van der Waals surface area (Å²) < 4.78 is 5.43. The van der Waals surface area contributed by atoms with Crippen LogP contribution < -0.4 is 9.80 Å². The van der Waals surface area contributed by atoms with Gasteiger partial charge in [0.05, 0.1) is 19.6 Å². The minimum absolute atomic E-state index is 0.177. The van der Waals surface area contributed by atoms with Crippen LogP contribution in [0, 0.1) is 0 Å². The maximum atomic E-state index is 12.9. The molecule has 1 aromatic carbocycles. The quantitative estimate of drug-likeness (QED) is 0.711. The Balaban J connectivity index is 1.20. The highest BCUT2D eigenvalue weighted by molar-refractivity contribution is 5.89. The summed E-state index contributed by atoms with van der Waals surface area (Å²) in [5.41, 5.74) is 2.13. The maximum Gasteiger partial charge on any atom is 0.227 e. The zero-order valence-corrected chi connectivity index (χ0v) is 17.0. The SMILES string of the molecule is O=C(Cc1c[nH]c2ccccc12)N1CCN(c2cc(N3CCOCC3)ncn2)CC1. The first-order valence-corrected chi connectivity index (χ1v) is 10.5. The Bertz CT molecular complexity index is 1020. The number of fused-ring (bicyclic) bond motifs is 1. The van der Waals surface area contributed by atoms with Gasteiger partial charge in [-0.1, -0.05) is 18.2 Å². The van der Waals surface area contributed by atoms with Gasteiger partial charge in [0.15, 0.2) is 0 Å². The molecule has 3 aromatic rings. The summed E-state index contributed by atoms with van der Waals surface area (Å²) in [6, 6.07) is 10.2. The van der Waals surface area contributed by atoms with E-state index in [1.54, 1.807) is 6.33 Å². The van der Waals surface area contributed by atoms with Crippen LogP contribution in [0.4, 0.5) is 11.6 Å². The van der Waals surface area contributed by atoms with Crippen LogP contribution in [0.1, 0.15) is 5.56 Å². The van der Waals surface area contributed by atoms with Crippen molar-refractivity contribution in [2.45, 2.75) is 6.42 Å². The molecule has 1 amide bonds. The third-order valence-electron chi connectivity index (χ3n) is 5.95. The summed E-state index contributed by atoms with van der Waals surface area (Å²) >= 11 is 0. The van der Waals surface area contributed by atoms with E-state index in [0.29, 0.717) is 19.5 Å². The van der Waals surface area contributed by atoms with Crippen molar-refractivity contribution < 1.29 is 9.53 Å². The van der Waals surface area contributed by atoms with Crippen molar-refractivity contribution in [3.05, 3.63) is 48.4 Å². The number of carbonyl (C=O) groups is 1. The molecule has 30 heavy (non-hydrogen) atoms. The minimum Gasteiger partial charge on any atom is -0.378 e. The van der Waals surface area contributed by atoms with Gasteiger partial charge in [0.1, 0.15) is 18.0 Å². The van der Waals surface area contributed by atoms with E-state index >= 15 is 0 Å². The third-order valence-corrected chi connectivity index (χ3v) is 5.95. The van der Waals surface area contributed by atoms with Crippen LogP contribution in [0.15, 0.2) is 42.9 Å². The number of hydrogen-bond acceptors (Lipinski definition) is 6. The van der Waals surface area contributed by atoms with E-state index < -0.39 is 0 Å². The minimum atomic E-state index is 0.177. The van der Waals surface area contributed by atoms with Gasteiger partial charge in [0.2, 0.25) is 5.91 Å². The molecule has 0 radical (unpaired) electrons. The first kappa shape index (κ1) is 18.9. The predicted molar refractivity (Wildman–Crippen MR) is 116 cm³/mol. The van der Waals surface area contributed by atoms with Crippen molar-refractivity contribution in [1.82, 2.24) is 19.9 Å². The molecule has 0 bridgehead atoms. The Hall–Kier alpha value is -3.13. The van der Waals surface area contributed by atoms with Crippen LogP contribution in [0.5, 0.6) is 0 Å². The standard InChI is InChI=1S/C22H26N6O2/c29-22(13-17-15-23-19-4-2-1-3-18(17)19)28-7-5-26(6-8-28)20-14-21(25-16-24-20)27-9-11-30-12-10-27/h1-4,14-16,23H,5-13H2. The second-order valence-electron chi connectivity index (χ2n) is 7.74. The fraction of sp³-hybridized carbons (Fsp3) is 0.409. The van der Waals surface area contributed by atoms with Gasteiger partial charge in [-0.25, -0.2) is 9.97 Å². The monoisotopic (exact) mass is 406 g/mol. The molecule has 0 aliphatic carbocycles. The van der Waals surface area contributed by atoms with Gasteiger partial charge in [-0.3, -0.25) is 4.79 Å². The van der Waals surface area contributed by atoms with E-state index in [1.165, 1.54) is 0 Å². The molecule has 0 atom stereocenters. The zero-order valence-electron chi connectivity index (χ0n) is 17.0. The van der Waals surface area contributed by atoms with E-state index in [-0.39, 0.29) is 5.91 Å². The largest absolute Gasteiger partial charge is 0.378 e. The van der Waals surface area contributed by atoms with Crippen LogP contribution in [0.2, 0.25) is 0 Å². The van der Waals surface area contributed by atoms with Gasteiger partial charge in [0, 0.05) is 62.4 Å². The molecular weight excluding hydrogens is 380 g/mol. The number of amides is 1. The smallest absolute Gasteiger partial charge is 0.227 e. The molecule has 2 aliphatic heterocycles. The summed E-state index contributed by atoms with van der Waals surface area (Å²) in [6.45, 7) is 6.14. The van der Waals surface area contributed by atoms with Gasteiger partial charge >= 0.3 is 0 Å². The molecule has 0 spiro atoms. The van der Waals surface area contributed by atoms with Crippen molar-refractivity contribution in [1.29, 1.82) is 0 Å². The van der Waals surface area contributed by atoms with Crippen LogP contribution in [0.3, 0.4) is 0 Å². The van der Waals surface area contributed by atoms with E-state index in [4.69, 9.17) is 4.74 Å². The topological polar surface area (TPSA) is 77.6 Å². The number of carbonyl (C=O) groups excluding carboxylic acids is 1. The molecule has 0 saturated carbocycles. The molecule has 1 N–H and O–H groups in total. The van der Waals surface area contributed by atoms with Gasteiger partial charge in [-0.05, 0) is 11.6 Å². The predicted octanol–water partition coefficient (Wildman–Crippen LogP) is 1.69. The number of H-pyrrole nitrogens is 1. The van der Waals surface area contributed by atoms with Crippen LogP contribution in [-0.2, 0) is 16.0 Å². The van der Waals surface area contributed by atoms with E-state index in [1.807, 2.05) is 29.3 Å². The summed E-state index contributed by atoms with van der Waals surface area (Å²) in [6.07, 6.45) is 4.01. The zero-order chi connectivity index (χ0) is 20.3. The number of rotatable bonds is 4. The summed E-state index contributed by atoms with van der Waals surface area (Å²) in [7, 11) is 0. The molecule has 2 aliphatic rings. The Labute approximate surface area is 175 Å². The number of morpholine rings is 1. The highest BCUT2D eigenvalue weighted by Crippen LogP contribution is 2.21. The molecule has 156 valence electrons. The lowest BCUT2D eigenvalue weighted by Gasteiger charge is -2.36. The van der Waals surface area contributed by atoms with E-state index in [9.17, 15) is 4.79 Å². The highest BCUT2D eigenvalue weighted by atomic mass is 16.5. The molecule has 8 nitrogen and oxygen atoms in total. The van der Waals surface area contributed by atoms with Crippen LogP contribution >= 0.6 is 0 Å². The third kappa shape index (κ3) is 3.82. The normalized spacial score (nSPS) is 17.5. The molecule has 2 aromatic heterocycles. The summed E-state index contributed by atoms with van der Waals surface area (Å²) in [5, 5.41) is 1.13. The fourth-order valence-electron chi connectivity index (χ4n) is 4.21. The second-order valence-corrected chi connectivity index (χ2v) is 7.74. The number of nitrogens with one attached hydrogen (secondary N) is 1. The Kier molecular flexibility index (Phi) is 5.23. The molecule has 5 rings (SSSR count). The summed E-state index contributed by atoms with van der Waals surface area (Å²) in [4.78, 5) is 31.4. The molecule has 8 heteroatoms. The maximum absolute atomic E-state index is 12.9. The van der Waals surface area contributed by atoms with Crippen molar-refractivity contribution >= 4 is 28.4 Å². The number of anilines is 2. The van der Waals surface area contributed by atoms with Gasteiger partial charge in [-0.2, -0.15) is 0 Å². The number of ether oxygens (including phenoxy) is 1. The average molecular weight is 406 g/mol. The average Bonchev–Trinajstić information content (AvgIpc) is 3.23. The van der Waals surface area contributed by atoms with E-state index in [2.05, 4.69) is 36.9 Å². The lowest BCUT2D eigenvalue weighted by Crippen LogP contribution is -2.49. The number of benzene rings is 1. The Morgan fingerprint density at radius 2 is 1.67 bits per heavy atom. The molecule has 2 fully saturated rings. The first-order valence-electron chi connectivity index (χ1n) is 10.5. The second kappa shape index (κ2) is 8.31. The lowest BCUT2D eigenvalue weighted by atomic mass is 10.1. The Morgan fingerprint density at radius 1 is 0.967 bits per heavy atom. The van der Waals surface area contributed by atoms with Crippen molar-refractivity contribution in [2.24, 2.45) is 0 Å². The van der Waals surface area contributed by atoms with Crippen molar-refractivity contribution in [3.8, 4) is 0 Å².